The van der Waals surface area contributed by atoms with Gasteiger partial charge < -0.3 is 14.5 Å². The maximum Gasteiger partial charge on any atom is 0.224 e. The minimum Gasteiger partial charge on any atom is -0.492 e. The number of amides is 1. The summed E-state index contributed by atoms with van der Waals surface area (Å²) in [6.07, 6.45) is 18.1. The molecule has 0 unspecified atom stereocenters. The van der Waals surface area contributed by atoms with Gasteiger partial charge in [0.05, 0.1) is 24.1 Å². The maximum atomic E-state index is 12.6. The molecular formula is C34H50BrClN2O2S. The number of carbonyl (C=O) groups excluding carboxylic acids is 1. The van der Waals surface area contributed by atoms with E-state index in [1.807, 2.05) is 42.1 Å². The predicted octanol–water partition coefficient (Wildman–Crippen LogP) is 10.9. The molecule has 0 aliphatic carbocycles. The van der Waals surface area contributed by atoms with E-state index in [1.54, 1.807) is 11.8 Å². The number of halogens is 2. The summed E-state index contributed by atoms with van der Waals surface area (Å²) in [5.74, 6) is 1.71. The van der Waals surface area contributed by atoms with Gasteiger partial charge in [-0.05, 0) is 53.6 Å². The Labute approximate surface area is 269 Å². The molecule has 0 spiro atoms. The van der Waals surface area contributed by atoms with Gasteiger partial charge >= 0.3 is 0 Å². The second-order valence-corrected chi connectivity index (χ2v) is 12.6. The van der Waals surface area contributed by atoms with Crippen molar-refractivity contribution in [3.05, 3.63) is 69.7 Å². The smallest absolute Gasteiger partial charge is 0.224 e. The maximum absolute atomic E-state index is 12.6. The molecule has 2 aromatic rings. The van der Waals surface area contributed by atoms with E-state index in [0.29, 0.717) is 23.9 Å². The molecule has 0 N–H and O–H groups in total. The number of anilines is 1. The van der Waals surface area contributed by atoms with Crippen LogP contribution in [0.25, 0.3) is 0 Å². The third-order valence-electron chi connectivity index (χ3n) is 7.43. The summed E-state index contributed by atoms with van der Waals surface area (Å²) >= 11 is 8.31. The number of allylic oxidation sites excluding steroid dienone is 1. The van der Waals surface area contributed by atoms with Gasteiger partial charge in [-0.15, -0.1) is 28.7 Å². The first-order valence-electron chi connectivity index (χ1n) is 15.3. The fraction of sp³-hybridized carbons (Fsp3) is 0.559. The first-order chi connectivity index (χ1) is 19.5. The van der Waals surface area contributed by atoms with Crippen molar-refractivity contribution in [2.45, 2.75) is 111 Å². The highest BCUT2D eigenvalue weighted by Gasteiger charge is 2.15. The Bertz CT molecular complexity index is 1060. The van der Waals surface area contributed by atoms with Crippen molar-refractivity contribution in [2.75, 3.05) is 17.4 Å². The summed E-state index contributed by atoms with van der Waals surface area (Å²) in [7, 11) is 0. The molecule has 1 amide bonds. The average molecular weight is 666 g/mol. The summed E-state index contributed by atoms with van der Waals surface area (Å²) in [5.41, 5.74) is 3.13. The van der Waals surface area contributed by atoms with Crippen LogP contribution in [0.3, 0.4) is 0 Å². The number of rotatable bonds is 19. The van der Waals surface area contributed by atoms with Gasteiger partial charge in [0.1, 0.15) is 5.75 Å². The summed E-state index contributed by atoms with van der Waals surface area (Å²) in [5, 5.41) is 0.616. The van der Waals surface area contributed by atoms with Crippen LogP contribution < -0.4 is 9.64 Å². The topological polar surface area (TPSA) is 32.8 Å². The van der Waals surface area contributed by atoms with E-state index in [1.165, 1.54) is 81.1 Å². The monoisotopic (exact) mass is 664 g/mol. The van der Waals surface area contributed by atoms with E-state index in [0.717, 1.165) is 30.1 Å². The van der Waals surface area contributed by atoms with Crippen LogP contribution in [0.2, 0.25) is 5.02 Å². The van der Waals surface area contributed by atoms with Crippen LogP contribution >= 0.6 is 40.3 Å². The van der Waals surface area contributed by atoms with Crippen molar-refractivity contribution >= 4 is 51.9 Å². The minimum atomic E-state index is 0. The molecule has 0 atom stereocenters. The Morgan fingerprint density at radius 1 is 0.902 bits per heavy atom. The number of hydrogen-bond acceptors (Lipinski definition) is 4. The zero-order valence-corrected chi connectivity index (χ0v) is 28.6. The molecule has 0 radical (unpaired) electrons. The van der Waals surface area contributed by atoms with E-state index >= 15 is 0 Å². The van der Waals surface area contributed by atoms with Crippen molar-refractivity contribution < 1.29 is 9.53 Å². The molecule has 0 saturated heterocycles. The van der Waals surface area contributed by atoms with Crippen molar-refractivity contribution in [3.8, 4) is 5.75 Å². The van der Waals surface area contributed by atoms with Crippen molar-refractivity contribution in [1.82, 2.24) is 4.90 Å². The van der Waals surface area contributed by atoms with Crippen molar-refractivity contribution in [3.63, 3.8) is 0 Å². The Hall–Kier alpha value is -1.63. The normalized spacial score (nSPS) is 12.7. The molecule has 228 valence electrons. The second-order valence-electron chi connectivity index (χ2n) is 11.0. The first-order valence-corrected chi connectivity index (χ1v) is 16.7. The van der Waals surface area contributed by atoms with Gasteiger partial charge in [-0.2, -0.15) is 0 Å². The molecule has 1 aliphatic rings. The number of ether oxygens (including phenoxy) is 1. The van der Waals surface area contributed by atoms with Crippen molar-refractivity contribution in [1.29, 1.82) is 0 Å². The second kappa shape index (κ2) is 20.3. The van der Waals surface area contributed by atoms with Gasteiger partial charge in [-0.3, -0.25) is 4.79 Å². The van der Waals surface area contributed by atoms with Crippen LogP contribution in [0.5, 0.6) is 5.75 Å². The molecule has 1 aliphatic heterocycles. The quantitative estimate of drug-likeness (QED) is 0.140. The third kappa shape index (κ3) is 13.5. The molecular weight excluding hydrogens is 616 g/mol. The Morgan fingerprint density at radius 3 is 2.05 bits per heavy atom. The number of nitrogens with zero attached hydrogens (tertiary/aromatic N) is 2. The standard InChI is InChI=1S/C34H49ClN2O2S.BrH/c1-4-5-6-7-8-9-10-11-12-13-14-15-22-39-34-23-31(18-21-33(34)35)26-37(29(3)38)32-19-16-30(17-20-32)25-36-24-28(2)40-27-36;/h16-21,23-24H,4-15,22,25-27H2,1-3H3;1H. The molecule has 0 fully saturated rings. The number of thioether (sulfide) groups is 1. The number of unbranched alkanes of at least 4 members (excludes halogenated alkanes) is 11. The largest absolute Gasteiger partial charge is 0.492 e. The first kappa shape index (κ1) is 35.6. The van der Waals surface area contributed by atoms with E-state index in [-0.39, 0.29) is 22.9 Å². The van der Waals surface area contributed by atoms with E-state index in [2.05, 4.69) is 37.1 Å². The van der Waals surface area contributed by atoms with Gasteiger partial charge in [0, 0.05) is 25.4 Å². The Balaban J connectivity index is 0.00000588. The molecule has 2 aromatic carbocycles. The number of benzene rings is 2. The highest BCUT2D eigenvalue weighted by molar-refractivity contribution is 8.93. The van der Waals surface area contributed by atoms with Crippen LogP contribution in [0.1, 0.15) is 109 Å². The molecule has 1 heterocycles. The lowest BCUT2D eigenvalue weighted by Crippen LogP contribution is -2.27. The van der Waals surface area contributed by atoms with Gasteiger partial charge in [0.25, 0.3) is 0 Å². The van der Waals surface area contributed by atoms with Gasteiger partial charge in [0.15, 0.2) is 0 Å². The SMILES string of the molecule is Br.CCCCCCCCCCCCCCOc1cc(CN(C(C)=O)c2ccc(CN3C=C(C)SC3)cc2)ccc1Cl. The summed E-state index contributed by atoms with van der Waals surface area (Å²) in [4.78, 5) is 18.0. The zero-order valence-electron chi connectivity index (χ0n) is 25.3. The van der Waals surface area contributed by atoms with Crippen molar-refractivity contribution in [2.24, 2.45) is 0 Å². The lowest BCUT2D eigenvalue weighted by atomic mass is 10.1. The highest BCUT2D eigenvalue weighted by Crippen LogP contribution is 2.29. The van der Waals surface area contributed by atoms with Crippen LogP contribution in [0, 0.1) is 0 Å². The van der Waals surface area contributed by atoms with Crippen LogP contribution in [-0.2, 0) is 17.9 Å². The summed E-state index contributed by atoms with van der Waals surface area (Å²) in [6, 6.07) is 14.1. The molecule has 3 rings (SSSR count). The van der Waals surface area contributed by atoms with Crippen LogP contribution in [-0.4, -0.2) is 23.3 Å². The minimum absolute atomic E-state index is 0. The molecule has 41 heavy (non-hydrogen) atoms. The molecule has 4 nitrogen and oxygen atoms in total. The van der Waals surface area contributed by atoms with E-state index in [4.69, 9.17) is 16.3 Å². The van der Waals surface area contributed by atoms with Crippen LogP contribution in [0.4, 0.5) is 5.69 Å². The average Bonchev–Trinajstić information content (AvgIpc) is 3.36. The molecule has 0 saturated carbocycles. The molecule has 7 heteroatoms. The molecule has 0 aromatic heterocycles. The zero-order chi connectivity index (χ0) is 28.6. The Kier molecular flexibility index (Phi) is 17.6. The lowest BCUT2D eigenvalue weighted by molar-refractivity contribution is -0.116. The van der Waals surface area contributed by atoms with E-state index < -0.39 is 0 Å². The summed E-state index contributed by atoms with van der Waals surface area (Å²) < 4.78 is 6.06. The Morgan fingerprint density at radius 2 is 1.49 bits per heavy atom. The highest BCUT2D eigenvalue weighted by atomic mass is 79.9. The van der Waals surface area contributed by atoms with Gasteiger partial charge in [-0.1, -0.05) is 107 Å². The van der Waals surface area contributed by atoms with E-state index in [9.17, 15) is 4.79 Å². The number of carbonyl (C=O) groups is 1. The third-order valence-corrected chi connectivity index (χ3v) is 8.76. The fourth-order valence-electron chi connectivity index (χ4n) is 5.07. The van der Waals surface area contributed by atoms with Gasteiger partial charge in [-0.25, -0.2) is 0 Å². The number of hydrogen-bond donors (Lipinski definition) is 0. The summed E-state index contributed by atoms with van der Waals surface area (Å²) in [6.45, 7) is 8.06. The predicted molar refractivity (Wildman–Crippen MR) is 183 cm³/mol. The van der Waals surface area contributed by atoms with Gasteiger partial charge in [0.2, 0.25) is 5.91 Å². The fourth-order valence-corrected chi connectivity index (χ4v) is 6.00. The molecule has 0 bridgehead atoms. The van der Waals surface area contributed by atoms with Crippen LogP contribution in [0.15, 0.2) is 53.6 Å². The lowest BCUT2D eigenvalue weighted by Gasteiger charge is -2.23.